The lowest BCUT2D eigenvalue weighted by molar-refractivity contribution is 1.09. The topological polar surface area (TPSA) is 24.1 Å². The van der Waals surface area contributed by atoms with E-state index in [-0.39, 0.29) is 0 Å². The maximum Gasteiger partial charge on any atom is 0.175 e. The molecule has 0 radical (unpaired) electrons. The van der Waals surface area contributed by atoms with Crippen molar-refractivity contribution in [2.24, 2.45) is 0 Å². The van der Waals surface area contributed by atoms with Crippen LogP contribution in [0.4, 0.5) is 11.4 Å². The molecule has 2 N–H and O–H groups in total. The van der Waals surface area contributed by atoms with E-state index in [1.807, 2.05) is 12.1 Å². The van der Waals surface area contributed by atoms with Gasteiger partial charge in [-0.1, -0.05) is 38.1 Å². The minimum atomic E-state index is 0.632. The molecule has 0 aliphatic heterocycles. The summed E-state index contributed by atoms with van der Waals surface area (Å²) in [6.45, 7) is 4.33. The molecule has 0 aliphatic carbocycles. The monoisotopic (exact) mass is 410 g/mol. The lowest BCUT2D eigenvalue weighted by Crippen LogP contribution is -2.21. The Bertz CT molecular complexity index is 618. The van der Waals surface area contributed by atoms with Gasteiger partial charge in [-0.15, -0.1) is 0 Å². The van der Waals surface area contributed by atoms with Crippen molar-refractivity contribution in [2.45, 2.75) is 26.7 Å². The predicted molar refractivity (Wildman–Crippen MR) is 104 cm³/mol. The van der Waals surface area contributed by atoms with Crippen LogP contribution in [0.2, 0.25) is 0 Å². The van der Waals surface area contributed by atoms with Gasteiger partial charge in [0.25, 0.3) is 0 Å². The SMILES string of the molecule is CCc1cccc(CC)c1NC(=S)Nc1cccc(I)c1. The van der Waals surface area contributed by atoms with Crippen LogP contribution < -0.4 is 10.6 Å². The number of anilines is 2. The molecule has 2 aromatic carbocycles. The molecule has 2 nitrogen and oxygen atoms in total. The Kier molecular flexibility index (Phi) is 5.99. The third-order valence-corrected chi connectivity index (χ3v) is 4.19. The van der Waals surface area contributed by atoms with Crippen LogP contribution in [0.15, 0.2) is 42.5 Å². The smallest absolute Gasteiger partial charge is 0.175 e. The summed E-state index contributed by atoms with van der Waals surface area (Å²) < 4.78 is 1.18. The van der Waals surface area contributed by atoms with E-state index in [9.17, 15) is 0 Å². The van der Waals surface area contributed by atoms with Crippen LogP contribution in [-0.4, -0.2) is 5.11 Å². The van der Waals surface area contributed by atoms with Crippen molar-refractivity contribution in [1.29, 1.82) is 0 Å². The Balaban J connectivity index is 2.16. The first-order valence-corrected chi connectivity index (χ1v) is 8.57. The number of aryl methyl sites for hydroxylation is 2. The summed E-state index contributed by atoms with van der Waals surface area (Å²) in [7, 11) is 0. The first-order valence-electron chi connectivity index (χ1n) is 7.08. The van der Waals surface area contributed by atoms with E-state index in [0.717, 1.165) is 24.2 Å². The lowest BCUT2D eigenvalue weighted by Gasteiger charge is -2.17. The first-order chi connectivity index (χ1) is 10.1. The number of halogens is 1. The summed E-state index contributed by atoms with van der Waals surface area (Å²) in [5.74, 6) is 0. The highest BCUT2D eigenvalue weighted by Gasteiger charge is 2.08. The fourth-order valence-corrected chi connectivity index (χ4v) is 3.01. The second-order valence-electron chi connectivity index (χ2n) is 4.75. The van der Waals surface area contributed by atoms with Gasteiger partial charge in [-0.25, -0.2) is 0 Å². The molecule has 0 bridgehead atoms. The van der Waals surface area contributed by atoms with E-state index in [2.05, 4.69) is 77.4 Å². The zero-order valence-electron chi connectivity index (χ0n) is 12.2. The predicted octanol–water partition coefficient (Wildman–Crippen LogP) is 5.22. The van der Waals surface area contributed by atoms with Gasteiger partial charge in [0.15, 0.2) is 5.11 Å². The molecular weight excluding hydrogens is 391 g/mol. The molecule has 2 aromatic rings. The number of benzene rings is 2. The number of hydrogen-bond acceptors (Lipinski definition) is 1. The number of thiocarbonyl (C=S) groups is 1. The highest BCUT2D eigenvalue weighted by atomic mass is 127. The molecule has 0 fully saturated rings. The fraction of sp³-hybridized carbons (Fsp3) is 0.235. The standard InChI is InChI=1S/C17H19IN2S/c1-3-12-7-5-8-13(4-2)16(12)20-17(21)19-15-10-6-9-14(18)11-15/h5-11H,3-4H2,1-2H3,(H2,19,20,21). The summed E-state index contributed by atoms with van der Waals surface area (Å²) in [6.07, 6.45) is 1.98. The molecule has 0 heterocycles. The van der Waals surface area contributed by atoms with Gasteiger partial charge >= 0.3 is 0 Å². The summed E-state index contributed by atoms with van der Waals surface area (Å²) in [4.78, 5) is 0. The van der Waals surface area contributed by atoms with Gasteiger partial charge in [0.1, 0.15) is 0 Å². The second kappa shape index (κ2) is 7.75. The summed E-state index contributed by atoms with van der Waals surface area (Å²) >= 11 is 7.75. The van der Waals surface area contributed by atoms with Crippen molar-refractivity contribution >= 4 is 51.3 Å². The number of rotatable bonds is 4. The minimum absolute atomic E-state index is 0.632. The zero-order chi connectivity index (χ0) is 15.2. The van der Waals surface area contributed by atoms with E-state index >= 15 is 0 Å². The number of hydrogen-bond donors (Lipinski definition) is 2. The quantitative estimate of drug-likeness (QED) is 0.534. The largest absolute Gasteiger partial charge is 0.332 e. The van der Waals surface area contributed by atoms with E-state index in [1.165, 1.54) is 14.7 Å². The molecule has 21 heavy (non-hydrogen) atoms. The van der Waals surface area contributed by atoms with Crippen LogP contribution in [0.3, 0.4) is 0 Å². The Morgan fingerprint density at radius 3 is 2.19 bits per heavy atom. The van der Waals surface area contributed by atoms with Gasteiger partial charge in [-0.05, 0) is 77.0 Å². The summed E-state index contributed by atoms with van der Waals surface area (Å²) in [5, 5.41) is 7.25. The number of para-hydroxylation sites is 1. The average Bonchev–Trinajstić information content (AvgIpc) is 2.47. The second-order valence-corrected chi connectivity index (χ2v) is 6.40. The van der Waals surface area contributed by atoms with Crippen molar-refractivity contribution in [3.8, 4) is 0 Å². The molecular formula is C17H19IN2S. The van der Waals surface area contributed by atoms with Crippen molar-refractivity contribution in [3.05, 3.63) is 57.2 Å². The minimum Gasteiger partial charge on any atom is -0.332 e. The molecule has 0 unspecified atom stereocenters. The van der Waals surface area contributed by atoms with Gasteiger partial charge in [-0.2, -0.15) is 0 Å². The van der Waals surface area contributed by atoms with Crippen LogP contribution in [0.1, 0.15) is 25.0 Å². The number of nitrogens with one attached hydrogen (secondary N) is 2. The Morgan fingerprint density at radius 2 is 1.62 bits per heavy atom. The highest BCUT2D eigenvalue weighted by Crippen LogP contribution is 2.23. The van der Waals surface area contributed by atoms with E-state index in [4.69, 9.17) is 12.2 Å². The fourth-order valence-electron chi connectivity index (χ4n) is 2.25. The maximum atomic E-state index is 5.45. The van der Waals surface area contributed by atoms with Crippen molar-refractivity contribution in [3.63, 3.8) is 0 Å². The molecule has 4 heteroatoms. The molecule has 0 amide bonds. The lowest BCUT2D eigenvalue weighted by atomic mass is 10.0. The van der Waals surface area contributed by atoms with Crippen molar-refractivity contribution in [2.75, 3.05) is 10.6 Å². The first kappa shape index (κ1) is 16.2. The van der Waals surface area contributed by atoms with Gasteiger partial charge in [0.2, 0.25) is 0 Å². The molecule has 0 aromatic heterocycles. The Morgan fingerprint density at radius 1 is 1.00 bits per heavy atom. The van der Waals surface area contributed by atoms with E-state index in [0.29, 0.717) is 5.11 Å². The van der Waals surface area contributed by atoms with Gasteiger partial charge in [0.05, 0.1) is 0 Å². The molecule has 0 saturated carbocycles. The molecule has 0 saturated heterocycles. The Hall–Kier alpha value is -1.14. The molecule has 0 aliphatic rings. The van der Waals surface area contributed by atoms with Crippen molar-refractivity contribution in [1.82, 2.24) is 0 Å². The Labute approximate surface area is 145 Å². The van der Waals surface area contributed by atoms with Gasteiger partial charge < -0.3 is 10.6 Å². The molecule has 0 spiro atoms. The third-order valence-electron chi connectivity index (χ3n) is 3.32. The van der Waals surface area contributed by atoms with Crippen LogP contribution in [0.25, 0.3) is 0 Å². The van der Waals surface area contributed by atoms with E-state index < -0.39 is 0 Å². The van der Waals surface area contributed by atoms with Crippen LogP contribution in [0.5, 0.6) is 0 Å². The maximum absolute atomic E-state index is 5.45. The summed E-state index contributed by atoms with van der Waals surface area (Å²) in [5.41, 5.74) is 4.74. The summed E-state index contributed by atoms with van der Waals surface area (Å²) in [6, 6.07) is 14.6. The van der Waals surface area contributed by atoms with Crippen LogP contribution >= 0.6 is 34.8 Å². The molecule has 2 rings (SSSR count). The van der Waals surface area contributed by atoms with Gasteiger partial charge in [0, 0.05) is 14.9 Å². The van der Waals surface area contributed by atoms with Gasteiger partial charge in [-0.3, -0.25) is 0 Å². The normalized spacial score (nSPS) is 10.2. The van der Waals surface area contributed by atoms with Crippen molar-refractivity contribution < 1.29 is 0 Å². The highest BCUT2D eigenvalue weighted by molar-refractivity contribution is 14.1. The molecule has 0 atom stereocenters. The zero-order valence-corrected chi connectivity index (χ0v) is 15.2. The van der Waals surface area contributed by atoms with E-state index in [1.54, 1.807) is 0 Å². The average molecular weight is 410 g/mol. The third kappa shape index (κ3) is 4.41. The van der Waals surface area contributed by atoms with Crippen LogP contribution in [-0.2, 0) is 12.8 Å². The molecule has 110 valence electrons. The van der Waals surface area contributed by atoms with Crippen LogP contribution in [0, 0.1) is 3.57 Å².